The highest BCUT2D eigenvalue weighted by Crippen LogP contribution is 2.34. The highest BCUT2D eigenvalue weighted by molar-refractivity contribution is 9.10. The minimum Gasteiger partial charge on any atom is -0.482 e. The molecule has 0 spiro atoms. The molecule has 2 heterocycles. The molecule has 5 rings (SSSR count). The zero-order valence-electron chi connectivity index (χ0n) is 20.7. The molecule has 3 aromatic rings. The van der Waals surface area contributed by atoms with Gasteiger partial charge in [-0.2, -0.15) is 9.78 Å². The third kappa shape index (κ3) is 6.14. The van der Waals surface area contributed by atoms with Gasteiger partial charge in [0.25, 0.3) is 11.5 Å². The van der Waals surface area contributed by atoms with Crippen LogP contribution < -0.4 is 10.3 Å². The van der Waals surface area contributed by atoms with E-state index in [-0.39, 0.29) is 24.0 Å². The largest absolute Gasteiger partial charge is 0.482 e. The van der Waals surface area contributed by atoms with Crippen LogP contribution in [0, 0.1) is 0 Å². The lowest BCUT2D eigenvalue weighted by Crippen LogP contribution is -2.43. The molecule has 2 aliphatic rings. The molecule has 0 unspecified atom stereocenters. The first-order chi connectivity index (χ1) is 18.4. The fourth-order valence-corrected chi connectivity index (χ4v) is 6.20. The van der Waals surface area contributed by atoms with E-state index in [2.05, 4.69) is 37.0 Å². The molecule has 1 saturated heterocycles. The molecule has 2 fully saturated rings. The molecule has 0 radical (unpaired) electrons. The van der Waals surface area contributed by atoms with Crippen LogP contribution in [-0.4, -0.2) is 59.6 Å². The van der Waals surface area contributed by atoms with E-state index in [9.17, 15) is 9.59 Å². The van der Waals surface area contributed by atoms with Crippen LogP contribution in [0.2, 0.25) is 5.02 Å². The average Bonchev–Trinajstić information content (AvgIpc) is 2.93. The van der Waals surface area contributed by atoms with Gasteiger partial charge in [-0.1, -0.05) is 46.8 Å². The third-order valence-electron chi connectivity index (χ3n) is 6.86. The summed E-state index contributed by atoms with van der Waals surface area (Å²) in [4.78, 5) is 32.9. The lowest BCUT2D eigenvalue weighted by atomic mass is 9.88. The highest BCUT2D eigenvalue weighted by Gasteiger charge is 2.23. The van der Waals surface area contributed by atoms with Gasteiger partial charge in [0.05, 0.1) is 34.8 Å². The molecule has 1 aliphatic heterocycles. The molecule has 1 amide bonds. The lowest BCUT2D eigenvalue weighted by molar-refractivity contribution is -0.137. The minimum atomic E-state index is -0.237. The summed E-state index contributed by atoms with van der Waals surface area (Å²) < 4.78 is 14.1. The molecule has 8 nitrogen and oxygen atoms in total. The number of hydrogen-bond donors (Lipinski definition) is 0. The summed E-state index contributed by atoms with van der Waals surface area (Å²) in [5.74, 6) is 1.10. The molecule has 1 saturated carbocycles. The van der Waals surface area contributed by atoms with Gasteiger partial charge in [0.2, 0.25) is 0 Å². The van der Waals surface area contributed by atoms with Gasteiger partial charge in [-0.05, 0) is 59.1 Å². The van der Waals surface area contributed by atoms with Gasteiger partial charge in [0.1, 0.15) is 11.6 Å². The number of nitrogens with zero attached hydrogens (tertiary/aromatic N) is 4. The second-order valence-corrected chi connectivity index (χ2v) is 11.6. The van der Waals surface area contributed by atoms with Gasteiger partial charge in [-0.25, -0.2) is 4.98 Å². The minimum absolute atomic E-state index is 0.127. The summed E-state index contributed by atoms with van der Waals surface area (Å²) in [6.07, 6.45) is 6.85. The maximum absolute atomic E-state index is 13.6. The fraction of sp³-hybridized carbons (Fsp3) is 0.407. The van der Waals surface area contributed by atoms with Crippen LogP contribution in [-0.2, 0) is 9.53 Å². The number of carbonyl (C=O) groups is 1. The van der Waals surface area contributed by atoms with E-state index < -0.39 is 0 Å². The predicted octanol–water partition coefficient (Wildman–Crippen LogP) is 5.74. The highest BCUT2D eigenvalue weighted by atomic mass is 79.9. The summed E-state index contributed by atoms with van der Waals surface area (Å²) in [6.45, 7) is 1.97. The summed E-state index contributed by atoms with van der Waals surface area (Å²) >= 11 is 13.3. The second-order valence-electron chi connectivity index (χ2n) is 9.42. The normalized spacial score (nSPS) is 16.9. The number of amides is 1. The summed E-state index contributed by atoms with van der Waals surface area (Å²) in [7, 11) is 0. The second kappa shape index (κ2) is 12.3. The molecule has 1 aromatic heterocycles. The van der Waals surface area contributed by atoms with E-state index in [1.807, 2.05) is 12.1 Å². The van der Waals surface area contributed by atoms with Crippen LogP contribution in [0.25, 0.3) is 10.9 Å². The van der Waals surface area contributed by atoms with E-state index >= 15 is 0 Å². The van der Waals surface area contributed by atoms with Crippen molar-refractivity contribution < 1.29 is 14.3 Å². The van der Waals surface area contributed by atoms with Crippen LogP contribution in [0.15, 0.2) is 49.2 Å². The molecular weight excluding hydrogens is 640 g/mol. The fourth-order valence-electron chi connectivity index (χ4n) is 4.89. The Kier molecular flexibility index (Phi) is 8.82. The van der Waals surface area contributed by atoms with Gasteiger partial charge in [-0.15, -0.1) is 0 Å². The van der Waals surface area contributed by atoms with E-state index in [0.29, 0.717) is 63.8 Å². The molecule has 11 heteroatoms. The molecule has 2 aromatic carbocycles. The SMILES string of the molecule is O=C(COc1c(Br)cc(Cl)cc1C=Nn1c(C2CCCCC2)nc2ccc(Br)cc2c1=O)N1CCOCC1. The summed E-state index contributed by atoms with van der Waals surface area (Å²) in [6, 6.07) is 8.90. The van der Waals surface area contributed by atoms with Crippen molar-refractivity contribution in [3.63, 3.8) is 0 Å². The first kappa shape index (κ1) is 27.3. The van der Waals surface area contributed by atoms with Gasteiger partial charge < -0.3 is 14.4 Å². The Morgan fingerprint density at radius 3 is 2.68 bits per heavy atom. The van der Waals surface area contributed by atoms with Crippen molar-refractivity contribution >= 4 is 66.5 Å². The predicted molar refractivity (Wildman–Crippen MR) is 155 cm³/mol. The van der Waals surface area contributed by atoms with Crippen LogP contribution >= 0.6 is 43.5 Å². The molecule has 1 aliphatic carbocycles. The van der Waals surface area contributed by atoms with Crippen molar-refractivity contribution in [1.29, 1.82) is 0 Å². The number of aromatic nitrogens is 2. The number of hydrogen-bond acceptors (Lipinski definition) is 6. The smallest absolute Gasteiger partial charge is 0.282 e. The van der Waals surface area contributed by atoms with Crippen LogP contribution in [0.1, 0.15) is 49.4 Å². The Bertz CT molecular complexity index is 1430. The number of ether oxygens (including phenoxy) is 2. The van der Waals surface area contributed by atoms with Gasteiger partial charge in [0.15, 0.2) is 6.61 Å². The zero-order valence-corrected chi connectivity index (χ0v) is 24.6. The van der Waals surface area contributed by atoms with Crippen LogP contribution in [0.4, 0.5) is 0 Å². The molecule has 0 N–H and O–H groups in total. The van der Waals surface area contributed by atoms with Crippen molar-refractivity contribution in [1.82, 2.24) is 14.6 Å². The molecule has 200 valence electrons. The Morgan fingerprint density at radius 2 is 1.92 bits per heavy atom. The number of carbonyl (C=O) groups excluding carboxylic acids is 1. The molecule has 0 bridgehead atoms. The average molecular weight is 667 g/mol. The summed E-state index contributed by atoms with van der Waals surface area (Å²) in [5, 5.41) is 5.57. The number of halogens is 3. The topological polar surface area (TPSA) is 86.0 Å². The van der Waals surface area contributed by atoms with E-state index in [4.69, 9.17) is 26.1 Å². The monoisotopic (exact) mass is 664 g/mol. The number of morpholine rings is 1. The lowest BCUT2D eigenvalue weighted by Gasteiger charge is -2.27. The Balaban J connectivity index is 1.51. The zero-order chi connectivity index (χ0) is 26.6. The number of rotatable bonds is 6. The van der Waals surface area contributed by atoms with Crippen molar-refractivity contribution in [2.24, 2.45) is 5.10 Å². The standard InChI is InChI=1S/C27H27Br2ClN4O4/c28-19-6-7-23-21(13-19)27(36)34(26(32-23)17-4-2-1-3-5-17)31-15-18-12-20(30)14-22(29)25(18)38-16-24(35)33-8-10-37-11-9-33/h6-7,12-15,17H,1-5,8-11,16H2. The quantitative estimate of drug-likeness (QED) is 0.313. The maximum Gasteiger partial charge on any atom is 0.282 e. The summed E-state index contributed by atoms with van der Waals surface area (Å²) in [5.41, 5.74) is 0.954. The van der Waals surface area contributed by atoms with Gasteiger partial charge in [0, 0.05) is 34.1 Å². The third-order valence-corrected chi connectivity index (χ3v) is 8.16. The van der Waals surface area contributed by atoms with Crippen molar-refractivity contribution in [3.8, 4) is 5.75 Å². The van der Waals surface area contributed by atoms with Gasteiger partial charge >= 0.3 is 0 Å². The van der Waals surface area contributed by atoms with Crippen LogP contribution in [0.3, 0.4) is 0 Å². The van der Waals surface area contributed by atoms with Crippen LogP contribution in [0.5, 0.6) is 5.75 Å². The van der Waals surface area contributed by atoms with Gasteiger partial charge in [-0.3, -0.25) is 9.59 Å². The number of benzene rings is 2. The first-order valence-electron chi connectivity index (χ1n) is 12.6. The van der Waals surface area contributed by atoms with E-state index in [1.54, 1.807) is 29.3 Å². The van der Waals surface area contributed by atoms with Crippen molar-refractivity contribution in [3.05, 3.63) is 66.0 Å². The Hall–Kier alpha value is -2.27. The maximum atomic E-state index is 13.6. The Labute approximate surface area is 242 Å². The molecule has 38 heavy (non-hydrogen) atoms. The van der Waals surface area contributed by atoms with E-state index in [1.165, 1.54) is 11.1 Å². The molecular formula is C27H27Br2ClN4O4. The Morgan fingerprint density at radius 1 is 1.16 bits per heavy atom. The van der Waals surface area contributed by atoms with E-state index in [0.717, 1.165) is 30.2 Å². The van der Waals surface area contributed by atoms with Crippen molar-refractivity contribution in [2.75, 3.05) is 32.9 Å². The first-order valence-corrected chi connectivity index (χ1v) is 14.6. The molecule has 0 atom stereocenters. The number of fused-ring (bicyclic) bond motifs is 1. The van der Waals surface area contributed by atoms with Crippen molar-refractivity contribution in [2.45, 2.75) is 38.0 Å².